The predicted octanol–water partition coefficient (Wildman–Crippen LogP) is 13.2. The first-order valence-corrected chi connectivity index (χ1v) is 15.5. The number of para-hydroxylation sites is 1. The second-order valence-electron chi connectivity index (χ2n) is 11.4. The standard InChI is InChI=1S/C46H31NO/c1-3-11-32(12-4-1)34-19-24-37(25-20-34)47(38-26-21-35(22-27-38)33-13-5-2-6-14-33)44-29-28-39(40-15-7-8-16-41(40)44)36-23-30-46-43(31-36)42-17-9-10-18-45(42)48-46/h1-31H/i1D,2D,3D,4D,5D,6D,11D,12D,13D,14D. The van der Waals surface area contributed by atoms with Gasteiger partial charge < -0.3 is 9.32 Å². The van der Waals surface area contributed by atoms with Crippen LogP contribution in [0.5, 0.6) is 0 Å². The van der Waals surface area contributed by atoms with Gasteiger partial charge in [0.1, 0.15) is 11.2 Å². The summed E-state index contributed by atoms with van der Waals surface area (Å²) in [7, 11) is 0. The number of benzene rings is 8. The Labute approximate surface area is 293 Å². The lowest BCUT2D eigenvalue weighted by Crippen LogP contribution is -2.10. The molecule has 0 amide bonds. The fraction of sp³-hybridized carbons (Fsp3) is 0. The summed E-state index contributed by atoms with van der Waals surface area (Å²) in [5.74, 6) is 0. The lowest BCUT2D eigenvalue weighted by Gasteiger charge is -2.28. The molecule has 2 heteroatoms. The molecule has 0 saturated heterocycles. The zero-order chi connectivity index (χ0) is 40.6. The molecule has 0 N–H and O–H groups in total. The molecule has 0 spiro atoms. The largest absolute Gasteiger partial charge is 0.456 e. The number of rotatable bonds is 6. The van der Waals surface area contributed by atoms with Crippen LogP contribution in [-0.2, 0) is 0 Å². The van der Waals surface area contributed by atoms with E-state index in [1.807, 2.05) is 71.6 Å². The van der Waals surface area contributed by atoms with E-state index in [0.717, 1.165) is 49.5 Å². The third-order valence-electron chi connectivity index (χ3n) is 8.66. The normalized spacial score (nSPS) is 14.2. The van der Waals surface area contributed by atoms with Crippen molar-refractivity contribution in [2.24, 2.45) is 0 Å². The summed E-state index contributed by atoms with van der Waals surface area (Å²) < 4.78 is 89.2. The van der Waals surface area contributed by atoms with Gasteiger partial charge in [0.05, 0.1) is 19.4 Å². The van der Waals surface area contributed by atoms with E-state index < -0.39 is 36.3 Å². The Morgan fingerprint density at radius 1 is 0.396 bits per heavy atom. The van der Waals surface area contributed by atoms with Gasteiger partial charge in [0, 0.05) is 27.5 Å². The van der Waals surface area contributed by atoms with Crippen molar-refractivity contribution in [3.8, 4) is 33.4 Å². The highest BCUT2D eigenvalue weighted by molar-refractivity contribution is 6.10. The van der Waals surface area contributed by atoms with Gasteiger partial charge in [-0.05, 0) is 87.3 Å². The molecule has 0 bridgehead atoms. The van der Waals surface area contributed by atoms with Crippen LogP contribution in [0.3, 0.4) is 0 Å². The number of nitrogens with zero attached hydrogens (tertiary/aromatic N) is 1. The Kier molecular flexibility index (Phi) is 4.74. The minimum absolute atomic E-state index is 0.101. The highest BCUT2D eigenvalue weighted by Crippen LogP contribution is 2.43. The number of fused-ring (bicyclic) bond motifs is 4. The molecule has 0 unspecified atom stereocenters. The van der Waals surface area contributed by atoms with Gasteiger partial charge in [0.25, 0.3) is 0 Å². The topological polar surface area (TPSA) is 16.4 Å². The van der Waals surface area contributed by atoms with Crippen LogP contribution in [0.15, 0.2) is 192 Å². The first-order valence-electron chi connectivity index (χ1n) is 20.5. The van der Waals surface area contributed by atoms with Gasteiger partial charge >= 0.3 is 0 Å². The van der Waals surface area contributed by atoms with E-state index in [0.29, 0.717) is 22.5 Å². The summed E-state index contributed by atoms with van der Waals surface area (Å²) in [6.45, 7) is 0. The van der Waals surface area contributed by atoms with Crippen LogP contribution in [0.25, 0.3) is 66.1 Å². The van der Waals surface area contributed by atoms with Crippen LogP contribution in [0.2, 0.25) is 0 Å². The van der Waals surface area contributed by atoms with Crippen molar-refractivity contribution in [3.05, 3.63) is 188 Å². The van der Waals surface area contributed by atoms with E-state index in [2.05, 4.69) is 36.4 Å². The summed E-state index contributed by atoms with van der Waals surface area (Å²) in [4.78, 5) is 2.04. The van der Waals surface area contributed by atoms with Crippen LogP contribution >= 0.6 is 0 Å². The number of hydrogen-bond acceptors (Lipinski definition) is 2. The van der Waals surface area contributed by atoms with Crippen molar-refractivity contribution in [2.45, 2.75) is 0 Å². The molecule has 0 aliphatic heterocycles. The lowest BCUT2D eigenvalue weighted by atomic mass is 9.95. The van der Waals surface area contributed by atoms with Crippen molar-refractivity contribution >= 4 is 49.8 Å². The Hall–Kier alpha value is -6.38. The number of furan rings is 1. The van der Waals surface area contributed by atoms with Crippen LogP contribution in [-0.4, -0.2) is 0 Å². The Bertz CT molecular complexity index is 2950. The monoisotopic (exact) mass is 623 g/mol. The second-order valence-corrected chi connectivity index (χ2v) is 11.4. The molecule has 226 valence electrons. The van der Waals surface area contributed by atoms with Crippen LogP contribution < -0.4 is 4.90 Å². The van der Waals surface area contributed by atoms with E-state index in [1.54, 1.807) is 24.3 Å². The van der Waals surface area contributed by atoms with Gasteiger partial charge in [0.2, 0.25) is 0 Å². The van der Waals surface area contributed by atoms with Crippen molar-refractivity contribution < 1.29 is 18.1 Å². The summed E-state index contributed by atoms with van der Waals surface area (Å²) in [6, 6.07) is 36.9. The SMILES string of the molecule is [2H]c1c([2H])c([2H])c(-c2ccc(N(c3ccc(-c4c([2H])c([2H])c([2H])c([2H])c4[2H])cc3)c3ccc(-c4ccc5oc6ccccc6c5c4)c4ccccc34)cc2)c([2H])c1[2H]. The molecule has 1 heterocycles. The van der Waals surface area contributed by atoms with E-state index in [9.17, 15) is 0 Å². The molecule has 9 aromatic rings. The van der Waals surface area contributed by atoms with Gasteiger partial charge in [-0.1, -0.05) is 139 Å². The molecule has 8 aromatic carbocycles. The minimum Gasteiger partial charge on any atom is -0.456 e. The quantitative estimate of drug-likeness (QED) is 0.183. The van der Waals surface area contributed by atoms with Crippen molar-refractivity contribution in [1.29, 1.82) is 0 Å². The Morgan fingerprint density at radius 3 is 1.54 bits per heavy atom. The van der Waals surface area contributed by atoms with E-state index in [-0.39, 0.29) is 35.3 Å². The molecular formula is C46H31NO. The molecule has 2 nitrogen and oxygen atoms in total. The number of hydrogen-bond donors (Lipinski definition) is 0. The van der Waals surface area contributed by atoms with E-state index in [1.165, 1.54) is 0 Å². The Morgan fingerprint density at radius 2 is 0.917 bits per heavy atom. The summed E-state index contributed by atoms with van der Waals surface area (Å²) >= 11 is 0. The molecule has 9 rings (SSSR count). The fourth-order valence-corrected chi connectivity index (χ4v) is 6.39. The molecule has 0 aliphatic rings. The van der Waals surface area contributed by atoms with Crippen LogP contribution in [0, 0.1) is 0 Å². The highest BCUT2D eigenvalue weighted by atomic mass is 16.3. The average molecular weight is 624 g/mol. The maximum Gasteiger partial charge on any atom is 0.135 e. The van der Waals surface area contributed by atoms with Crippen molar-refractivity contribution in [3.63, 3.8) is 0 Å². The third-order valence-corrected chi connectivity index (χ3v) is 8.66. The summed E-state index contributed by atoms with van der Waals surface area (Å²) in [5, 5.41) is 3.97. The van der Waals surface area contributed by atoms with Gasteiger partial charge in [-0.2, -0.15) is 0 Å². The number of anilines is 3. The lowest BCUT2D eigenvalue weighted by molar-refractivity contribution is 0.669. The molecule has 0 saturated carbocycles. The maximum atomic E-state index is 8.55. The average Bonchev–Trinajstić information content (AvgIpc) is 3.63. The highest BCUT2D eigenvalue weighted by Gasteiger charge is 2.18. The molecule has 0 aliphatic carbocycles. The smallest absolute Gasteiger partial charge is 0.135 e. The molecular weight excluding hydrogens is 583 g/mol. The first kappa shape index (κ1) is 19.3. The zero-order valence-corrected chi connectivity index (χ0v) is 25.5. The van der Waals surface area contributed by atoms with Crippen molar-refractivity contribution in [1.82, 2.24) is 0 Å². The summed E-state index contributed by atoms with van der Waals surface area (Å²) in [5.41, 5.74) is 7.00. The molecule has 0 fully saturated rings. The van der Waals surface area contributed by atoms with Crippen LogP contribution in [0.4, 0.5) is 17.1 Å². The van der Waals surface area contributed by atoms with Gasteiger partial charge in [0.15, 0.2) is 0 Å². The zero-order valence-electron chi connectivity index (χ0n) is 35.5. The van der Waals surface area contributed by atoms with Crippen molar-refractivity contribution in [2.75, 3.05) is 4.90 Å². The minimum atomic E-state index is -0.457. The van der Waals surface area contributed by atoms with E-state index in [4.69, 9.17) is 18.1 Å². The fourth-order valence-electron chi connectivity index (χ4n) is 6.39. The molecule has 0 radical (unpaired) electrons. The van der Waals surface area contributed by atoms with Crippen LogP contribution in [0.1, 0.15) is 13.7 Å². The van der Waals surface area contributed by atoms with Gasteiger partial charge in [-0.25, -0.2) is 0 Å². The predicted molar refractivity (Wildman–Crippen MR) is 202 cm³/mol. The molecule has 48 heavy (non-hydrogen) atoms. The third kappa shape index (κ3) is 4.92. The Balaban J connectivity index is 1.22. The first-order chi connectivity index (χ1) is 27.9. The molecule has 0 atom stereocenters. The maximum absolute atomic E-state index is 8.55. The summed E-state index contributed by atoms with van der Waals surface area (Å²) in [6.07, 6.45) is 0. The van der Waals surface area contributed by atoms with Gasteiger partial charge in [-0.3, -0.25) is 0 Å². The van der Waals surface area contributed by atoms with Gasteiger partial charge in [-0.15, -0.1) is 0 Å². The molecule has 1 aromatic heterocycles. The second kappa shape index (κ2) is 11.8. The van der Waals surface area contributed by atoms with E-state index >= 15 is 0 Å².